The largest absolute Gasteiger partial charge is 0.394 e. The second-order valence-corrected chi connectivity index (χ2v) is 4.14. The van der Waals surface area contributed by atoms with Crippen molar-refractivity contribution in [1.82, 2.24) is 5.32 Å². The molecule has 0 aliphatic heterocycles. The molecule has 0 saturated carbocycles. The number of carbonyl (C=O) groups excluding carboxylic acids is 1. The summed E-state index contributed by atoms with van der Waals surface area (Å²) in [7, 11) is 0. The van der Waals surface area contributed by atoms with Gasteiger partial charge < -0.3 is 10.4 Å². The van der Waals surface area contributed by atoms with Crippen molar-refractivity contribution < 1.29 is 9.90 Å². The van der Waals surface area contributed by atoms with Gasteiger partial charge in [0.25, 0.3) is 5.91 Å². The summed E-state index contributed by atoms with van der Waals surface area (Å²) in [6, 6.07) is 5.58. The third-order valence-corrected chi connectivity index (χ3v) is 2.53. The minimum Gasteiger partial charge on any atom is -0.394 e. The predicted octanol–water partition coefficient (Wildman–Crippen LogP) is 1.80. The number of aryl methyl sites for hydroxylation is 2. The normalized spacial score (nSPS) is 12.2. The van der Waals surface area contributed by atoms with Crippen LogP contribution < -0.4 is 5.32 Å². The van der Waals surface area contributed by atoms with E-state index in [4.69, 9.17) is 5.11 Å². The van der Waals surface area contributed by atoms with Gasteiger partial charge in [0.2, 0.25) is 0 Å². The lowest BCUT2D eigenvalue weighted by atomic mass is 10.1. The molecule has 1 atom stereocenters. The highest BCUT2D eigenvalue weighted by Crippen LogP contribution is 2.09. The van der Waals surface area contributed by atoms with Gasteiger partial charge in [-0.1, -0.05) is 24.1 Å². The van der Waals surface area contributed by atoms with Crippen LogP contribution in [-0.2, 0) is 0 Å². The van der Waals surface area contributed by atoms with Crippen LogP contribution in [0.15, 0.2) is 18.2 Å². The first kappa shape index (κ1) is 12.7. The molecule has 1 aromatic carbocycles. The Balaban J connectivity index is 2.80. The summed E-state index contributed by atoms with van der Waals surface area (Å²) in [5.41, 5.74) is 2.80. The average molecular weight is 221 g/mol. The van der Waals surface area contributed by atoms with E-state index in [0.29, 0.717) is 5.56 Å². The van der Waals surface area contributed by atoms with Gasteiger partial charge in [-0.3, -0.25) is 4.79 Å². The van der Waals surface area contributed by atoms with Crippen LogP contribution in [0.3, 0.4) is 0 Å². The summed E-state index contributed by atoms with van der Waals surface area (Å²) in [5.74, 6) is -0.118. The molecule has 0 aromatic heterocycles. The molecule has 1 amide bonds. The highest BCUT2D eigenvalue weighted by molar-refractivity contribution is 5.94. The second-order valence-electron chi connectivity index (χ2n) is 4.14. The van der Waals surface area contributed by atoms with E-state index in [1.165, 1.54) is 0 Å². The standard InChI is InChI=1S/C13H19NO2/c1-4-12(8-15)14-13(16)11-6-9(2)5-10(3)7-11/h5-7,12,15H,4,8H2,1-3H3,(H,14,16)/t12-/m0/s1. The van der Waals surface area contributed by atoms with Crippen molar-refractivity contribution >= 4 is 5.91 Å². The molecule has 88 valence electrons. The molecule has 2 N–H and O–H groups in total. The Labute approximate surface area is 96.5 Å². The molecular formula is C13H19NO2. The molecule has 0 saturated heterocycles. The molecule has 16 heavy (non-hydrogen) atoms. The van der Waals surface area contributed by atoms with E-state index < -0.39 is 0 Å². The van der Waals surface area contributed by atoms with Crippen molar-refractivity contribution in [2.45, 2.75) is 33.2 Å². The molecular weight excluding hydrogens is 202 g/mol. The van der Waals surface area contributed by atoms with Crippen LogP contribution in [0.1, 0.15) is 34.8 Å². The van der Waals surface area contributed by atoms with Crippen molar-refractivity contribution in [3.8, 4) is 0 Å². The zero-order valence-electron chi connectivity index (χ0n) is 10.1. The summed E-state index contributed by atoms with van der Waals surface area (Å²) >= 11 is 0. The molecule has 0 radical (unpaired) electrons. The first-order valence-electron chi connectivity index (χ1n) is 5.56. The number of hydrogen-bond donors (Lipinski definition) is 2. The SMILES string of the molecule is CC[C@@H](CO)NC(=O)c1cc(C)cc(C)c1. The second kappa shape index (κ2) is 5.66. The zero-order valence-corrected chi connectivity index (χ0v) is 10.1. The Kier molecular flexibility index (Phi) is 4.50. The minimum absolute atomic E-state index is 0.0208. The molecule has 0 spiro atoms. The highest BCUT2D eigenvalue weighted by Gasteiger charge is 2.11. The van der Waals surface area contributed by atoms with Crippen LogP contribution in [-0.4, -0.2) is 23.7 Å². The lowest BCUT2D eigenvalue weighted by Crippen LogP contribution is -2.36. The van der Waals surface area contributed by atoms with Crippen molar-refractivity contribution in [2.75, 3.05) is 6.61 Å². The summed E-state index contributed by atoms with van der Waals surface area (Å²) in [5, 5.41) is 11.8. The summed E-state index contributed by atoms with van der Waals surface area (Å²) in [4.78, 5) is 11.9. The van der Waals surface area contributed by atoms with Gasteiger partial charge in [-0.25, -0.2) is 0 Å². The number of aliphatic hydroxyl groups is 1. The number of nitrogens with one attached hydrogen (secondary N) is 1. The van der Waals surface area contributed by atoms with Gasteiger partial charge in [-0.2, -0.15) is 0 Å². The zero-order chi connectivity index (χ0) is 12.1. The molecule has 0 aliphatic carbocycles. The Hall–Kier alpha value is -1.35. The predicted molar refractivity (Wildman–Crippen MR) is 64.5 cm³/mol. The first-order valence-corrected chi connectivity index (χ1v) is 5.56. The van der Waals surface area contributed by atoms with E-state index >= 15 is 0 Å². The van der Waals surface area contributed by atoms with E-state index in [-0.39, 0.29) is 18.6 Å². The van der Waals surface area contributed by atoms with Crippen molar-refractivity contribution in [3.05, 3.63) is 34.9 Å². The molecule has 1 aromatic rings. The fourth-order valence-electron chi connectivity index (χ4n) is 1.65. The summed E-state index contributed by atoms with van der Waals surface area (Å²) < 4.78 is 0. The third kappa shape index (κ3) is 3.35. The fraction of sp³-hybridized carbons (Fsp3) is 0.462. The monoisotopic (exact) mass is 221 g/mol. The first-order chi connectivity index (χ1) is 7.56. The molecule has 0 fully saturated rings. The van der Waals surface area contributed by atoms with Gasteiger partial charge >= 0.3 is 0 Å². The summed E-state index contributed by atoms with van der Waals surface area (Å²) in [6.07, 6.45) is 0.729. The molecule has 3 heteroatoms. The molecule has 0 aliphatic rings. The number of benzene rings is 1. The van der Waals surface area contributed by atoms with E-state index in [2.05, 4.69) is 5.32 Å². The van der Waals surface area contributed by atoms with Gasteiger partial charge in [0.05, 0.1) is 12.6 Å². The fourth-order valence-corrected chi connectivity index (χ4v) is 1.65. The van der Waals surface area contributed by atoms with Gasteiger partial charge in [-0.05, 0) is 32.4 Å². The Morgan fingerprint density at radius 3 is 2.31 bits per heavy atom. The maximum absolute atomic E-state index is 11.9. The number of aliphatic hydroxyl groups excluding tert-OH is 1. The summed E-state index contributed by atoms with van der Waals surface area (Å²) in [6.45, 7) is 5.84. The Morgan fingerprint density at radius 2 is 1.88 bits per heavy atom. The van der Waals surface area contributed by atoms with Gasteiger partial charge in [0.15, 0.2) is 0 Å². The van der Waals surface area contributed by atoms with Crippen LogP contribution in [0.25, 0.3) is 0 Å². The highest BCUT2D eigenvalue weighted by atomic mass is 16.3. The molecule has 0 unspecified atom stereocenters. The van der Waals surface area contributed by atoms with E-state index in [1.807, 2.05) is 39.0 Å². The number of rotatable bonds is 4. The molecule has 1 rings (SSSR count). The van der Waals surface area contributed by atoms with Gasteiger partial charge in [0.1, 0.15) is 0 Å². The molecule has 0 heterocycles. The van der Waals surface area contributed by atoms with Crippen molar-refractivity contribution in [2.24, 2.45) is 0 Å². The van der Waals surface area contributed by atoms with Crippen LogP contribution in [0.5, 0.6) is 0 Å². The smallest absolute Gasteiger partial charge is 0.251 e. The van der Waals surface area contributed by atoms with Gasteiger partial charge in [0, 0.05) is 5.56 Å². The van der Waals surface area contributed by atoms with Crippen LogP contribution in [0.4, 0.5) is 0 Å². The topological polar surface area (TPSA) is 49.3 Å². The van der Waals surface area contributed by atoms with Crippen molar-refractivity contribution in [1.29, 1.82) is 0 Å². The van der Waals surface area contributed by atoms with Crippen LogP contribution in [0.2, 0.25) is 0 Å². The molecule has 3 nitrogen and oxygen atoms in total. The van der Waals surface area contributed by atoms with Crippen molar-refractivity contribution in [3.63, 3.8) is 0 Å². The van der Waals surface area contributed by atoms with Crippen LogP contribution >= 0.6 is 0 Å². The lowest BCUT2D eigenvalue weighted by Gasteiger charge is -2.14. The minimum atomic E-state index is -0.159. The van der Waals surface area contributed by atoms with Gasteiger partial charge in [-0.15, -0.1) is 0 Å². The average Bonchev–Trinajstić information content (AvgIpc) is 2.24. The van der Waals surface area contributed by atoms with Crippen LogP contribution in [0, 0.1) is 13.8 Å². The lowest BCUT2D eigenvalue weighted by molar-refractivity contribution is 0.0915. The Bertz CT molecular complexity index is 350. The van der Waals surface area contributed by atoms with E-state index in [9.17, 15) is 4.79 Å². The number of carbonyl (C=O) groups is 1. The maximum Gasteiger partial charge on any atom is 0.251 e. The maximum atomic E-state index is 11.9. The molecule has 0 bridgehead atoms. The van der Waals surface area contributed by atoms with E-state index in [0.717, 1.165) is 17.5 Å². The number of amides is 1. The third-order valence-electron chi connectivity index (χ3n) is 2.53. The number of hydrogen-bond acceptors (Lipinski definition) is 2. The quantitative estimate of drug-likeness (QED) is 0.814. The van der Waals surface area contributed by atoms with E-state index in [1.54, 1.807) is 0 Å². The Morgan fingerprint density at radius 1 is 1.31 bits per heavy atom.